The van der Waals surface area contributed by atoms with E-state index in [0.717, 1.165) is 19.5 Å². The van der Waals surface area contributed by atoms with Crippen molar-refractivity contribution in [2.75, 3.05) is 33.3 Å². The first-order valence-corrected chi connectivity index (χ1v) is 5.61. The maximum absolute atomic E-state index is 11.7. The summed E-state index contributed by atoms with van der Waals surface area (Å²) in [5.41, 5.74) is 0. The lowest BCUT2D eigenvalue weighted by molar-refractivity contribution is -0.132. The van der Waals surface area contributed by atoms with Crippen molar-refractivity contribution >= 4 is 5.91 Å². The minimum atomic E-state index is 0.143. The first-order valence-electron chi connectivity index (χ1n) is 5.61. The molecule has 0 fully saturated rings. The number of hydrogen-bond donors (Lipinski definition) is 1. The van der Waals surface area contributed by atoms with Crippen LogP contribution in [0.3, 0.4) is 0 Å². The van der Waals surface area contributed by atoms with Crippen LogP contribution in [0.1, 0.15) is 27.2 Å². The first kappa shape index (κ1) is 14.4. The number of carbonyl (C=O) groups excluding carboxylic acids is 1. The molecule has 0 rings (SSSR count). The third-order valence-electron chi connectivity index (χ3n) is 2.61. The topological polar surface area (TPSA) is 43.8 Å². The number of likely N-dealkylation sites (N-methyl/N-ethyl adjacent to an activating group) is 2. The second-order valence-electron chi connectivity index (χ2n) is 4.04. The molecule has 0 saturated heterocycles. The smallest absolute Gasteiger partial charge is 0.236 e. The van der Waals surface area contributed by atoms with Crippen LogP contribution in [0.15, 0.2) is 0 Å². The summed E-state index contributed by atoms with van der Waals surface area (Å²) < 4.78 is 0. The zero-order chi connectivity index (χ0) is 11.8. The van der Waals surface area contributed by atoms with E-state index < -0.39 is 0 Å². The highest BCUT2D eigenvalue weighted by molar-refractivity contribution is 5.78. The molecule has 0 heterocycles. The fourth-order valence-electron chi connectivity index (χ4n) is 1.23. The highest BCUT2D eigenvalue weighted by Gasteiger charge is 2.14. The number of amides is 1. The highest BCUT2D eigenvalue weighted by Crippen LogP contribution is 1.98. The van der Waals surface area contributed by atoms with Gasteiger partial charge in [-0.2, -0.15) is 0 Å². The van der Waals surface area contributed by atoms with E-state index in [1.807, 2.05) is 27.8 Å². The van der Waals surface area contributed by atoms with Gasteiger partial charge in [-0.3, -0.25) is 9.69 Å². The molecule has 4 nitrogen and oxygen atoms in total. The van der Waals surface area contributed by atoms with Gasteiger partial charge in [-0.1, -0.05) is 6.92 Å². The second-order valence-corrected chi connectivity index (χ2v) is 4.04. The molecule has 0 radical (unpaired) electrons. The van der Waals surface area contributed by atoms with E-state index in [1.54, 1.807) is 4.90 Å². The fourth-order valence-corrected chi connectivity index (χ4v) is 1.23. The molecule has 0 atom stereocenters. The van der Waals surface area contributed by atoms with Gasteiger partial charge >= 0.3 is 0 Å². The summed E-state index contributed by atoms with van der Waals surface area (Å²) in [6.45, 7) is 8.29. The molecule has 0 bridgehead atoms. The molecule has 1 amide bonds. The van der Waals surface area contributed by atoms with Crippen molar-refractivity contribution in [1.82, 2.24) is 9.80 Å². The maximum atomic E-state index is 11.7. The Labute approximate surface area is 92.9 Å². The summed E-state index contributed by atoms with van der Waals surface area (Å²) in [5.74, 6) is 0.143. The lowest BCUT2D eigenvalue weighted by Gasteiger charge is -2.26. The minimum absolute atomic E-state index is 0.143. The Hall–Kier alpha value is -0.610. The van der Waals surface area contributed by atoms with Gasteiger partial charge in [-0.05, 0) is 26.8 Å². The van der Waals surface area contributed by atoms with Gasteiger partial charge in [-0.15, -0.1) is 0 Å². The van der Waals surface area contributed by atoms with E-state index >= 15 is 0 Å². The van der Waals surface area contributed by atoms with E-state index in [0.29, 0.717) is 6.54 Å². The van der Waals surface area contributed by atoms with Crippen LogP contribution < -0.4 is 0 Å². The van der Waals surface area contributed by atoms with Crippen LogP contribution in [0.25, 0.3) is 0 Å². The Morgan fingerprint density at radius 3 is 2.40 bits per heavy atom. The molecule has 0 aromatic rings. The molecule has 0 aliphatic heterocycles. The Morgan fingerprint density at radius 2 is 2.00 bits per heavy atom. The predicted octanol–water partition coefficient (Wildman–Crippen LogP) is 0.557. The third-order valence-corrected chi connectivity index (χ3v) is 2.61. The van der Waals surface area contributed by atoms with Gasteiger partial charge in [0, 0.05) is 26.2 Å². The maximum Gasteiger partial charge on any atom is 0.236 e. The van der Waals surface area contributed by atoms with E-state index in [1.165, 1.54) is 0 Å². The van der Waals surface area contributed by atoms with Crippen molar-refractivity contribution in [3.05, 3.63) is 0 Å². The van der Waals surface area contributed by atoms with Gasteiger partial charge < -0.3 is 10.0 Å². The lowest BCUT2D eigenvalue weighted by Crippen LogP contribution is -2.41. The van der Waals surface area contributed by atoms with Crippen LogP contribution >= 0.6 is 0 Å². The summed E-state index contributed by atoms with van der Waals surface area (Å²) in [6, 6.07) is 0.244. The average molecular weight is 216 g/mol. The van der Waals surface area contributed by atoms with Crippen LogP contribution in [0.5, 0.6) is 0 Å². The van der Waals surface area contributed by atoms with Crippen LogP contribution in [-0.4, -0.2) is 60.1 Å². The summed E-state index contributed by atoms with van der Waals surface area (Å²) in [5, 5.41) is 8.72. The Morgan fingerprint density at radius 1 is 1.40 bits per heavy atom. The molecule has 0 aromatic carbocycles. The van der Waals surface area contributed by atoms with Crippen molar-refractivity contribution in [3.8, 4) is 0 Å². The summed E-state index contributed by atoms with van der Waals surface area (Å²) in [4.78, 5) is 15.5. The molecule has 15 heavy (non-hydrogen) atoms. The Kier molecular flexibility index (Phi) is 7.34. The van der Waals surface area contributed by atoms with Crippen molar-refractivity contribution in [2.24, 2.45) is 0 Å². The number of rotatable bonds is 7. The largest absolute Gasteiger partial charge is 0.396 e. The molecule has 90 valence electrons. The molecule has 0 aliphatic rings. The summed E-state index contributed by atoms with van der Waals surface area (Å²) in [6.07, 6.45) is 0.729. The molecule has 0 aliphatic carbocycles. The average Bonchev–Trinajstić information content (AvgIpc) is 2.22. The van der Waals surface area contributed by atoms with Crippen LogP contribution in [0, 0.1) is 0 Å². The van der Waals surface area contributed by atoms with Crippen molar-refractivity contribution in [3.63, 3.8) is 0 Å². The van der Waals surface area contributed by atoms with Gasteiger partial charge in [0.1, 0.15) is 0 Å². The van der Waals surface area contributed by atoms with Crippen LogP contribution in [0.2, 0.25) is 0 Å². The zero-order valence-electron chi connectivity index (χ0n) is 10.4. The molecular formula is C11H24N2O2. The standard InChI is InChI=1S/C11H24N2O2/c1-5-13(7-6-8-14)9-11(15)12(4)10(2)3/h10,14H,5-9H2,1-4H3. The van der Waals surface area contributed by atoms with E-state index in [9.17, 15) is 4.79 Å². The fraction of sp³-hybridized carbons (Fsp3) is 0.909. The molecule has 0 unspecified atom stereocenters. The molecule has 0 spiro atoms. The van der Waals surface area contributed by atoms with E-state index in [2.05, 4.69) is 4.90 Å². The van der Waals surface area contributed by atoms with Gasteiger partial charge in [-0.25, -0.2) is 0 Å². The Balaban J connectivity index is 4.00. The van der Waals surface area contributed by atoms with Gasteiger partial charge in [0.25, 0.3) is 0 Å². The van der Waals surface area contributed by atoms with Gasteiger partial charge in [0.05, 0.1) is 6.54 Å². The van der Waals surface area contributed by atoms with Crippen molar-refractivity contribution in [2.45, 2.75) is 33.2 Å². The predicted molar refractivity (Wildman–Crippen MR) is 61.7 cm³/mol. The molecule has 0 saturated carbocycles. The lowest BCUT2D eigenvalue weighted by atomic mass is 10.3. The monoisotopic (exact) mass is 216 g/mol. The summed E-state index contributed by atoms with van der Waals surface area (Å²) >= 11 is 0. The SMILES string of the molecule is CCN(CCCO)CC(=O)N(C)C(C)C. The number of hydrogen-bond acceptors (Lipinski definition) is 3. The number of aliphatic hydroxyl groups is 1. The quantitative estimate of drug-likeness (QED) is 0.676. The van der Waals surface area contributed by atoms with Crippen molar-refractivity contribution < 1.29 is 9.90 Å². The zero-order valence-corrected chi connectivity index (χ0v) is 10.4. The number of aliphatic hydroxyl groups excluding tert-OH is 1. The van der Waals surface area contributed by atoms with E-state index in [-0.39, 0.29) is 18.6 Å². The highest BCUT2D eigenvalue weighted by atomic mass is 16.3. The normalized spacial score (nSPS) is 11.1. The van der Waals surface area contributed by atoms with E-state index in [4.69, 9.17) is 5.11 Å². The molecular weight excluding hydrogens is 192 g/mol. The molecule has 4 heteroatoms. The Bertz CT molecular complexity index is 183. The van der Waals surface area contributed by atoms with Gasteiger partial charge in [0.15, 0.2) is 0 Å². The summed E-state index contributed by atoms with van der Waals surface area (Å²) in [7, 11) is 1.83. The number of carbonyl (C=O) groups is 1. The number of nitrogens with zero attached hydrogens (tertiary/aromatic N) is 2. The van der Waals surface area contributed by atoms with Crippen LogP contribution in [0.4, 0.5) is 0 Å². The minimum Gasteiger partial charge on any atom is -0.396 e. The first-order chi connectivity index (χ1) is 7.02. The van der Waals surface area contributed by atoms with Gasteiger partial charge in [0.2, 0.25) is 5.91 Å². The van der Waals surface area contributed by atoms with Crippen LogP contribution in [-0.2, 0) is 4.79 Å². The second kappa shape index (κ2) is 7.65. The molecule has 0 aromatic heterocycles. The third kappa shape index (κ3) is 5.74. The molecule has 1 N–H and O–H groups in total. The van der Waals surface area contributed by atoms with Crippen molar-refractivity contribution in [1.29, 1.82) is 0 Å².